The van der Waals surface area contributed by atoms with Gasteiger partial charge in [-0.2, -0.15) is 4.57 Å². The standard InChI is InChI=1S/C43H45NO2.C29H38NO2.C17H27N.C13H20O/c1-29(2)30-13-23-37(24-14-30)44(38-25-15-33(16-26-38)40(45)31-9-19-35(20-10-31)42(3,4)5)39-27-17-34(18-28-39)41(46)32-11-21-36(22-12-32)43(6,7)8;1-21(2)19-31-27-11-7-25(8-12-27)29(30-17-15-24(16-18-30)23(5)6)26-9-13-28(14-10-26)32-20-22(3)4;1-4-5-6-11-18-12-7-8-16-13-15(14(2)3)9-10-17(16)18;1-10(2)9-14-13-7-5-12(6-8-13)11(3)4/h9-29H,1-8H3;7-18,21-23,29H,19-20H2,1-6H3;9-10,13-14H,4-8,11-12H2,1-3H3;5-8,10-11H,9H2,1-4H3/q;+1;;. The fourth-order valence-electron chi connectivity index (χ4n) is 13.2. The number of aromatic nitrogens is 1. The predicted molar refractivity (Wildman–Crippen MR) is 465 cm³/mol. The quantitative estimate of drug-likeness (QED) is 0.0289. The molecule has 0 amide bonds. The second-order valence-electron chi connectivity index (χ2n) is 34.4. The molecule has 8 nitrogen and oxygen atoms in total. The number of ether oxygens (including phenoxy) is 3. The molecule has 8 heteroatoms. The van der Waals surface area contributed by atoms with Crippen LogP contribution in [0.5, 0.6) is 17.2 Å². The first kappa shape index (κ1) is 86.1. The fraction of sp³-hybridized carbons (Fsp3) is 0.402. The van der Waals surface area contributed by atoms with Crippen molar-refractivity contribution in [2.24, 2.45) is 17.8 Å². The number of hydrogen-bond acceptors (Lipinski definition) is 7. The summed E-state index contributed by atoms with van der Waals surface area (Å²) >= 11 is 0. The molecule has 10 aromatic rings. The number of pyridine rings is 1. The van der Waals surface area contributed by atoms with Crippen LogP contribution >= 0.6 is 0 Å². The Morgan fingerprint density at radius 3 is 1.05 bits per heavy atom. The van der Waals surface area contributed by atoms with E-state index < -0.39 is 0 Å². The Bertz CT molecular complexity index is 4220. The fourth-order valence-corrected chi connectivity index (χ4v) is 13.2. The van der Waals surface area contributed by atoms with E-state index in [1.54, 1.807) is 5.56 Å². The number of fused-ring (bicyclic) bond motifs is 1. The van der Waals surface area contributed by atoms with Gasteiger partial charge in [-0.25, -0.2) is 0 Å². The van der Waals surface area contributed by atoms with Gasteiger partial charge in [0.05, 0.1) is 19.8 Å². The summed E-state index contributed by atoms with van der Waals surface area (Å²) in [7, 11) is 0. The second kappa shape index (κ2) is 40.9. The summed E-state index contributed by atoms with van der Waals surface area (Å²) in [4.78, 5) is 31.5. The van der Waals surface area contributed by atoms with Gasteiger partial charge < -0.3 is 24.0 Å². The summed E-state index contributed by atoms with van der Waals surface area (Å²) in [6.07, 6.45) is 11.0. The van der Waals surface area contributed by atoms with Crippen LogP contribution in [0.25, 0.3) is 0 Å². The van der Waals surface area contributed by atoms with Crippen molar-refractivity contribution in [3.63, 3.8) is 0 Å². The second-order valence-corrected chi connectivity index (χ2v) is 34.4. The van der Waals surface area contributed by atoms with E-state index in [-0.39, 0.29) is 28.4 Å². The molecule has 0 N–H and O–H groups in total. The molecule has 0 unspecified atom stereocenters. The normalized spacial score (nSPS) is 12.2. The highest BCUT2D eigenvalue weighted by molar-refractivity contribution is 6.10. The maximum absolute atomic E-state index is 13.4. The lowest BCUT2D eigenvalue weighted by Gasteiger charge is -2.32. The highest BCUT2D eigenvalue weighted by Gasteiger charge is 2.26. The minimum atomic E-state index is -0.00163. The molecule has 0 atom stereocenters. The van der Waals surface area contributed by atoms with E-state index in [1.165, 1.54) is 95.4 Å². The minimum Gasteiger partial charge on any atom is -0.493 e. The molecule has 0 bridgehead atoms. The van der Waals surface area contributed by atoms with E-state index >= 15 is 0 Å². The van der Waals surface area contributed by atoms with Gasteiger partial charge in [-0.15, -0.1) is 0 Å². The zero-order valence-electron chi connectivity index (χ0n) is 70.6. The molecule has 0 saturated heterocycles. The number of anilines is 4. The molecule has 0 aliphatic carbocycles. The first-order valence-corrected chi connectivity index (χ1v) is 40.8. The van der Waals surface area contributed by atoms with Gasteiger partial charge in [0.1, 0.15) is 17.2 Å². The van der Waals surface area contributed by atoms with Crippen LogP contribution in [0, 0.1) is 17.8 Å². The van der Waals surface area contributed by atoms with E-state index in [2.05, 4.69) is 300 Å². The molecule has 0 saturated carbocycles. The smallest absolute Gasteiger partial charge is 0.208 e. The maximum Gasteiger partial charge on any atom is 0.208 e. The molecule has 11 rings (SSSR count). The zero-order valence-corrected chi connectivity index (χ0v) is 70.6. The number of aryl methyl sites for hydroxylation is 1. The van der Waals surface area contributed by atoms with Crippen molar-refractivity contribution in [1.82, 2.24) is 0 Å². The van der Waals surface area contributed by atoms with Crippen LogP contribution in [0.1, 0.15) is 283 Å². The Morgan fingerprint density at radius 1 is 0.391 bits per heavy atom. The highest BCUT2D eigenvalue weighted by atomic mass is 16.5. The van der Waals surface area contributed by atoms with Gasteiger partial charge in [-0.3, -0.25) is 9.59 Å². The Hall–Kier alpha value is -9.53. The molecule has 1 aliphatic heterocycles. The number of carbonyl (C=O) groups excluding carboxylic acids is 2. The third kappa shape index (κ3) is 25.5. The van der Waals surface area contributed by atoms with Crippen molar-refractivity contribution in [2.75, 3.05) is 42.7 Å². The summed E-state index contributed by atoms with van der Waals surface area (Å²) in [6, 6.07) is 77.0. The third-order valence-electron chi connectivity index (χ3n) is 20.2. The number of unbranched alkanes of at least 4 members (excludes halogenated alkanes) is 2. The maximum atomic E-state index is 13.4. The van der Waals surface area contributed by atoms with E-state index in [1.807, 2.05) is 97.1 Å². The molecule has 0 spiro atoms. The molecule has 110 heavy (non-hydrogen) atoms. The van der Waals surface area contributed by atoms with Crippen molar-refractivity contribution in [3.8, 4) is 17.2 Å². The van der Waals surface area contributed by atoms with Gasteiger partial charge in [-0.05, 0) is 238 Å². The van der Waals surface area contributed by atoms with Gasteiger partial charge >= 0.3 is 0 Å². The lowest BCUT2D eigenvalue weighted by Crippen LogP contribution is -2.40. The average molecular weight is 1480 g/mol. The van der Waals surface area contributed by atoms with Crippen molar-refractivity contribution < 1.29 is 28.4 Å². The van der Waals surface area contributed by atoms with Crippen molar-refractivity contribution in [2.45, 2.75) is 218 Å². The lowest BCUT2D eigenvalue weighted by atomic mass is 9.86. The summed E-state index contributed by atoms with van der Waals surface area (Å²) < 4.78 is 19.7. The van der Waals surface area contributed by atoms with E-state index in [0.29, 0.717) is 63.7 Å². The van der Waals surface area contributed by atoms with E-state index in [9.17, 15) is 9.59 Å². The summed E-state index contributed by atoms with van der Waals surface area (Å²) in [5, 5.41) is 0. The predicted octanol–water partition coefficient (Wildman–Crippen LogP) is 26.7. The molecular formula is C102H130N3O5+. The Kier molecular flexibility index (Phi) is 32.0. The summed E-state index contributed by atoms with van der Waals surface area (Å²) in [5.74, 6) is 6.57. The summed E-state index contributed by atoms with van der Waals surface area (Å²) in [5.41, 5.74) is 18.9. The largest absolute Gasteiger partial charge is 0.493 e. The van der Waals surface area contributed by atoms with Crippen LogP contribution in [-0.2, 0) is 17.3 Å². The molecule has 0 fully saturated rings. The third-order valence-corrected chi connectivity index (χ3v) is 20.2. The lowest BCUT2D eigenvalue weighted by molar-refractivity contribution is -0.704. The van der Waals surface area contributed by atoms with Gasteiger partial charge in [0.2, 0.25) is 6.04 Å². The SMILES string of the molecule is CC(C)COc1ccc(C(C)C)cc1.CC(C)COc1ccc(C(c2ccc(OCC(C)C)cc2)[n+]2ccc(C(C)C)cc2)cc1.CC(C)c1ccc(N(c2ccc(C(=O)c3ccc(C(C)(C)C)cc3)cc2)c2ccc(C(=O)c3ccc(C(C)(C)C)cc3)cc2)cc1.CCCCCN1CCCc2cc(C(C)C)ccc21. The molecule has 2 heterocycles. The molecule has 0 radical (unpaired) electrons. The molecule has 1 aliphatic rings. The van der Waals surface area contributed by atoms with Gasteiger partial charge in [-0.1, -0.05) is 243 Å². The van der Waals surface area contributed by atoms with Crippen LogP contribution in [0.3, 0.4) is 0 Å². The van der Waals surface area contributed by atoms with Crippen molar-refractivity contribution >= 4 is 34.3 Å². The Balaban J connectivity index is 0.000000204. The first-order valence-electron chi connectivity index (χ1n) is 40.8. The number of hydrogen-bond donors (Lipinski definition) is 0. The zero-order chi connectivity index (χ0) is 79.8. The monoisotopic (exact) mass is 1480 g/mol. The topological polar surface area (TPSA) is 72.2 Å². The number of benzene rings is 9. The first-order chi connectivity index (χ1) is 52.4. The molecule has 9 aromatic carbocycles. The summed E-state index contributed by atoms with van der Waals surface area (Å²) in [6.45, 7) is 50.8. The van der Waals surface area contributed by atoms with Crippen LogP contribution in [0.15, 0.2) is 237 Å². The molecule has 1 aromatic heterocycles. The molecule has 582 valence electrons. The van der Waals surface area contributed by atoms with Crippen LogP contribution in [-0.4, -0.2) is 44.5 Å². The van der Waals surface area contributed by atoms with E-state index in [4.69, 9.17) is 14.2 Å². The number of rotatable bonds is 27. The van der Waals surface area contributed by atoms with Gasteiger partial charge in [0.25, 0.3) is 0 Å². The van der Waals surface area contributed by atoms with Crippen molar-refractivity contribution in [3.05, 3.63) is 309 Å². The Labute approximate surface area is 663 Å². The van der Waals surface area contributed by atoms with Crippen LogP contribution < -0.4 is 28.6 Å². The molecular weight excluding hydrogens is 1350 g/mol. The number of ketones is 2. The minimum absolute atomic E-state index is 0.00163. The van der Waals surface area contributed by atoms with Crippen LogP contribution in [0.2, 0.25) is 0 Å². The number of nitrogens with zero attached hydrogens (tertiary/aromatic N) is 3. The van der Waals surface area contributed by atoms with E-state index in [0.717, 1.165) is 54.1 Å². The average Bonchev–Trinajstić information content (AvgIpc) is 0.791. The van der Waals surface area contributed by atoms with Crippen LogP contribution in [0.4, 0.5) is 22.7 Å². The highest BCUT2D eigenvalue weighted by Crippen LogP contribution is 2.38. The Morgan fingerprint density at radius 2 is 0.709 bits per heavy atom. The van der Waals surface area contributed by atoms with Gasteiger partial charge in [0, 0.05) is 81.4 Å². The number of carbonyl (C=O) groups is 2. The van der Waals surface area contributed by atoms with Crippen molar-refractivity contribution in [1.29, 1.82) is 0 Å². The van der Waals surface area contributed by atoms with Gasteiger partial charge in [0.15, 0.2) is 24.0 Å².